The van der Waals surface area contributed by atoms with Crippen LogP contribution in [0.4, 0.5) is 10.3 Å². The second-order valence-electron chi connectivity index (χ2n) is 6.84. The number of hydrogen-bond acceptors (Lipinski definition) is 8. The summed E-state index contributed by atoms with van der Waals surface area (Å²) >= 11 is 1.20. The van der Waals surface area contributed by atoms with Gasteiger partial charge in [-0.15, -0.1) is 10.2 Å². The normalized spacial score (nSPS) is 12.6. The molecule has 0 spiro atoms. The maximum Gasteiger partial charge on any atom is 0.346 e. The number of carbonyl (C=O) groups is 3. The number of nitrogens with zero attached hydrogens (tertiary/aromatic N) is 2. The second-order valence-corrected chi connectivity index (χ2v) is 7.82. The van der Waals surface area contributed by atoms with Crippen LogP contribution in [0.1, 0.15) is 36.6 Å². The average Bonchev–Trinajstić information content (AvgIpc) is 3.47. The molecule has 3 N–H and O–H groups in total. The van der Waals surface area contributed by atoms with E-state index in [0.717, 1.165) is 11.9 Å². The molecule has 0 saturated heterocycles. The third-order valence-corrected chi connectivity index (χ3v) is 5.69. The van der Waals surface area contributed by atoms with Crippen LogP contribution in [0.15, 0.2) is 48.7 Å². The molecular formula is C21H15N5O4S. The highest BCUT2D eigenvalue weighted by molar-refractivity contribution is 7.19. The minimum atomic E-state index is -0.757. The molecule has 1 amide bonds. The van der Waals surface area contributed by atoms with Gasteiger partial charge in [0.1, 0.15) is 0 Å². The van der Waals surface area contributed by atoms with Gasteiger partial charge < -0.3 is 15.0 Å². The first-order chi connectivity index (χ1) is 15.1. The lowest BCUT2D eigenvalue weighted by Crippen LogP contribution is -2.12. The minimum absolute atomic E-state index is 0.0783. The average molecular weight is 433 g/mol. The molecule has 10 heteroatoms. The van der Waals surface area contributed by atoms with Crippen LogP contribution in [-0.4, -0.2) is 39.6 Å². The van der Waals surface area contributed by atoms with E-state index in [-0.39, 0.29) is 16.7 Å². The van der Waals surface area contributed by atoms with Gasteiger partial charge in [0.15, 0.2) is 0 Å². The predicted octanol–water partition coefficient (Wildman–Crippen LogP) is 3.24. The van der Waals surface area contributed by atoms with Crippen molar-refractivity contribution >= 4 is 50.3 Å². The highest BCUT2D eigenvalue weighted by atomic mass is 32.1. The monoisotopic (exact) mass is 433 g/mol. The summed E-state index contributed by atoms with van der Waals surface area (Å²) in [7, 11) is 0. The molecule has 2 aromatic heterocycles. The zero-order valence-electron chi connectivity index (χ0n) is 16.0. The van der Waals surface area contributed by atoms with E-state index < -0.39 is 17.8 Å². The molecule has 0 atom stereocenters. The largest absolute Gasteiger partial charge is 0.386 e. The highest BCUT2D eigenvalue weighted by Gasteiger charge is 2.30. The molecule has 5 rings (SSSR count). The fourth-order valence-electron chi connectivity index (χ4n) is 3.38. The summed E-state index contributed by atoms with van der Waals surface area (Å²) in [6.45, 7) is 0.658. The molecule has 0 aliphatic carbocycles. The van der Waals surface area contributed by atoms with Crippen molar-refractivity contribution in [3.8, 4) is 0 Å². The van der Waals surface area contributed by atoms with E-state index in [1.165, 1.54) is 40.5 Å². The molecule has 31 heavy (non-hydrogen) atoms. The molecular weight excluding hydrogens is 418 g/mol. The molecule has 3 heterocycles. The number of ether oxygens (including phenoxy) is 1. The summed E-state index contributed by atoms with van der Waals surface area (Å²) in [6.07, 6.45) is 2.80. The van der Waals surface area contributed by atoms with Gasteiger partial charge in [0.25, 0.3) is 5.91 Å². The maximum atomic E-state index is 12.5. The van der Waals surface area contributed by atoms with E-state index in [9.17, 15) is 14.4 Å². The molecule has 9 nitrogen and oxygen atoms in total. The van der Waals surface area contributed by atoms with Crippen molar-refractivity contribution < 1.29 is 19.1 Å². The third-order valence-electron chi connectivity index (χ3n) is 4.90. The van der Waals surface area contributed by atoms with Crippen molar-refractivity contribution in [2.45, 2.75) is 6.42 Å². The number of hydrogen-bond donors (Lipinski definition) is 3. The first-order valence-corrected chi connectivity index (χ1v) is 10.2. The van der Waals surface area contributed by atoms with Crippen LogP contribution in [0.2, 0.25) is 0 Å². The van der Waals surface area contributed by atoms with Crippen molar-refractivity contribution in [2.24, 2.45) is 0 Å². The number of benzene rings is 2. The molecule has 0 unspecified atom stereocenters. The van der Waals surface area contributed by atoms with E-state index in [0.29, 0.717) is 16.8 Å². The fraction of sp³-hybridized carbons (Fsp3) is 0.0952. The van der Waals surface area contributed by atoms with Crippen LogP contribution >= 0.6 is 11.3 Å². The van der Waals surface area contributed by atoms with Gasteiger partial charge >= 0.3 is 11.9 Å². The Kier molecular flexibility index (Phi) is 4.68. The molecule has 0 saturated carbocycles. The van der Waals surface area contributed by atoms with E-state index in [1.807, 2.05) is 24.4 Å². The number of aromatic amines is 1. The van der Waals surface area contributed by atoms with E-state index in [1.54, 1.807) is 0 Å². The number of cyclic esters (lactones) is 2. The molecule has 0 fully saturated rings. The van der Waals surface area contributed by atoms with Gasteiger partial charge in [-0.05, 0) is 36.2 Å². The minimum Gasteiger partial charge on any atom is -0.386 e. The van der Waals surface area contributed by atoms with Gasteiger partial charge in [-0.2, -0.15) is 0 Å². The standard InChI is InChI=1S/C21H15N5O4S/c27-17(11-5-6-14-15(9-11)19(29)30-18(14)28)24-21-26-25-20(31-21)22-8-7-12-10-23-16-4-2-1-3-13(12)16/h1-6,9-10,23H,7-8H2,(H,22,25)(H,24,26,27). The first-order valence-electron chi connectivity index (χ1n) is 9.43. The van der Waals surface area contributed by atoms with E-state index in [2.05, 4.69) is 36.6 Å². The number of amides is 1. The Morgan fingerprint density at radius 1 is 1.03 bits per heavy atom. The number of para-hydroxylation sites is 1. The Morgan fingerprint density at radius 3 is 2.74 bits per heavy atom. The SMILES string of the molecule is O=C(Nc1nnc(NCCc2c[nH]c3ccccc23)s1)c1ccc2c(c1)C(=O)OC2=O. The Bertz CT molecular complexity index is 1340. The van der Waals surface area contributed by atoms with Crippen LogP contribution in [0.25, 0.3) is 10.9 Å². The molecule has 1 aliphatic heterocycles. The van der Waals surface area contributed by atoms with Crippen LogP contribution in [0, 0.1) is 0 Å². The lowest BCUT2D eigenvalue weighted by Gasteiger charge is -2.02. The smallest absolute Gasteiger partial charge is 0.346 e. The fourth-order valence-corrected chi connectivity index (χ4v) is 4.05. The van der Waals surface area contributed by atoms with Crippen LogP contribution in [0.5, 0.6) is 0 Å². The molecule has 4 aromatic rings. The zero-order valence-corrected chi connectivity index (χ0v) is 16.8. The Hall–Kier alpha value is -4.05. The first kappa shape index (κ1) is 18.9. The van der Waals surface area contributed by atoms with E-state index in [4.69, 9.17) is 0 Å². The second kappa shape index (κ2) is 7.65. The summed E-state index contributed by atoms with van der Waals surface area (Å²) in [5.41, 5.74) is 2.75. The van der Waals surface area contributed by atoms with Gasteiger partial charge in [0, 0.05) is 29.2 Å². The van der Waals surface area contributed by atoms with Gasteiger partial charge in [0.05, 0.1) is 11.1 Å². The highest BCUT2D eigenvalue weighted by Crippen LogP contribution is 2.24. The molecule has 0 bridgehead atoms. The lowest BCUT2D eigenvalue weighted by atomic mass is 10.1. The van der Waals surface area contributed by atoms with Crippen molar-refractivity contribution in [3.05, 3.63) is 70.9 Å². The molecule has 154 valence electrons. The maximum absolute atomic E-state index is 12.5. The summed E-state index contributed by atoms with van der Waals surface area (Å²) in [4.78, 5) is 38.9. The number of fused-ring (bicyclic) bond motifs is 2. The molecule has 0 radical (unpaired) electrons. The molecule has 1 aliphatic rings. The number of H-pyrrole nitrogens is 1. The van der Waals surface area contributed by atoms with Crippen molar-refractivity contribution in [1.29, 1.82) is 0 Å². The van der Waals surface area contributed by atoms with Crippen molar-refractivity contribution in [2.75, 3.05) is 17.2 Å². The lowest BCUT2D eigenvalue weighted by molar-refractivity contribution is 0.0443. The van der Waals surface area contributed by atoms with Crippen LogP contribution in [-0.2, 0) is 11.2 Å². The summed E-state index contributed by atoms with van der Waals surface area (Å²) in [5, 5.41) is 16.0. The Balaban J connectivity index is 1.20. The number of aromatic nitrogens is 3. The van der Waals surface area contributed by atoms with Gasteiger partial charge in [0.2, 0.25) is 10.3 Å². The van der Waals surface area contributed by atoms with Gasteiger partial charge in [-0.3, -0.25) is 10.1 Å². The zero-order chi connectivity index (χ0) is 21.4. The summed E-state index contributed by atoms with van der Waals surface area (Å²) in [6, 6.07) is 12.3. The quantitative estimate of drug-likeness (QED) is 0.315. The predicted molar refractivity (Wildman–Crippen MR) is 115 cm³/mol. The van der Waals surface area contributed by atoms with Crippen molar-refractivity contribution in [3.63, 3.8) is 0 Å². The van der Waals surface area contributed by atoms with Crippen molar-refractivity contribution in [1.82, 2.24) is 15.2 Å². The Morgan fingerprint density at radius 2 is 1.84 bits per heavy atom. The van der Waals surface area contributed by atoms with E-state index >= 15 is 0 Å². The number of anilines is 2. The van der Waals surface area contributed by atoms with Crippen LogP contribution in [0.3, 0.4) is 0 Å². The summed E-state index contributed by atoms with van der Waals surface area (Å²) in [5.74, 6) is -1.93. The Labute approximate surface area is 179 Å². The topological polar surface area (TPSA) is 126 Å². The third kappa shape index (κ3) is 3.64. The number of rotatable bonds is 6. The molecule has 2 aromatic carbocycles. The number of carbonyl (C=O) groups excluding carboxylic acids is 3. The summed E-state index contributed by atoms with van der Waals surface area (Å²) < 4.78 is 4.54. The van der Waals surface area contributed by atoms with Gasteiger partial charge in [-0.1, -0.05) is 29.5 Å². The van der Waals surface area contributed by atoms with Crippen LogP contribution < -0.4 is 10.6 Å². The van der Waals surface area contributed by atoms with Gasteiger partial charge in [-0.25, -0.2) is 9.59 Å². The number of nitrogens with one attached hydrogen (secondary N) is 3. The number of esters is 2.